The van der Waals surface area contributed by atoms with Gasteiger partial charge in [-0.3, -0.25) is 4.98 Å². The molecule has 0 saturated heterocycles. The summed E-state index contributed by atoms with van der Waals surface area (Å²) in [6, 6.07) is 0. The summed E-state index contributed by atoms with van der Waals surface area (Å²) >= 11 is 1.69. The highest BCUT2D eigenvalue weighted by atomic mass is 32.1. The molecule has 1 rings (SSSR count). The molecule has 0 aromatic carbocycles. The predicted molar refractivity (Wildman–Crippen MR) is 72.6 cm³/mol. The van der Waals surface area contributed by atoms with Crippen LogP contribution in [0, 0.1) is 11.8 Å². The second-order valence-corrected chi connectivity index (χ2v) is 5.72. The standard InChI is InChI=1S/C13H22N2S/c1-10(2)6-14-7-12(11(3)4)5-13-8-15-9-16-13/h5,8-11,14H,6-7H2,1-4H3. The lowest BCUT2D eigenvalue weighted by molar-refractivity contribution is 0.558. The summed E-state index contributed by atoms with van der Waals surface area (Å²) in [5, 5.41) is 3.49. The minimum absolute atomic E-state index is 0.585. The van der Waals surface area contributed by atoms with Crippen LogP contribution in [0.15, 0.2) is 17.3 Å². The fourth-order valence-corrected chi connectivity index (χ4v) is 1.99. The molecule has 1 aromatic rings. The molecule has 1 aromatic heterocycles. The van der Waals surface area contributed by atoms with Crippen LogP contribution >= 0.6 is 11.3 Å². The molecule has 0 saturated carbocycles. The molecule has 0 fully saturated rings. The molecular weight excluding hydrogens is 216 g/mol. The van der Waals surface area contributed by atoms with Gasteiger partial charge >= 0.3 is 0 Å². The van der Waals surface area contributed by atoms with Crippen LogP contribution in [0.25, 0.3) is 6.08 Å². The lowest BCUT2D eigenvalue weighted by atomic mass is 10.0. The Morgan fingerprint density at radius 3 is 2.69 bits per heavy atom. The number of nitrogens with zero attached hydrogens (tertiary/aromatic N) is 1. The fraction of sp³-hybridized carbons (Fsp3) is 0.615. The molecule has 3 heteroatoms. The molecular formula is C13H22N2S. The van der Waals surface area contributed by atoms with Gasteiger partial charge in [-0.2, -0.15) is 0 Å². The molecule has 0 atom stereocenters. The van der Waals surface area contributed by atoms with Crippen molar-refractivity contribution in [2.75, 3.05) is 13.1 Å². The summed E-state index contributed by atoms with van der Waals surface area (Å²) in [4.78, 5) is 5.34. The minimum atomic E-state index is 0.585. The number of hydrogen-bond acceptors (Lipinski definition) is 3. The molecule has 0 aliphatic heterocycles. The Labute approximate surface area is 103 Å². The van der Waals surface area contributed by atoms with E-state index in [1.165, 1.54) is 10.5 Å². The molecule has 0 bridgehead atoms. The van der Waals surface area contributed by atoms with E-state index < -0.39 is 0 Å². The number of thiazole rings is 1. The Balaban J connectivity index is 2.54. The van der Waals surface area contributed by atoms with Gasteiger partial charge in [0.2, 0.25) is 0 Å². The predicted octanol–water partition coefficient (Wildman–Crippen LogP) is 3.43. The monoisotopic (exact) mass is 238 g/mol. The first-order chi connectivity index (χ1) is 7.59. The lowest BCUT2D eigenvalue weighted by Crippen LogP contribution is -2.23. The van der Waals surface area contributed by atoms with E-state index in [1.807, 2.05) is 11.7 Å². The summed E-state index contributed by atoms with van der Waals surface area (Å²) in [6.07, 6.45) is 4.19. The van der Waals surface area contributed by atoms with Gasteiger partial charge in [0.25, 0.3) is 0 Å². The van der Waals surface area contributed by atoms with Gasteiger partial charge in [-0.25, -0.2) is 0 Å². The van der Waals surface area contributed by atoms with Crippen LogP contribution < -0.4 is 5.32 Å². The van der Waals surface area contributed by atoms with E-state index in [-0.39, 0.29) is 0 Å². The van der Waals surface area contributed by atoms with Crippen molar-refractivity contribution in [1.82, 2.24) is 10.3 Å². The Hall–Kier alpha value is -0.670. The molecule has 90 valence electrons. The van der Waals surface area contributed by atoms with Crippen LogP contribution in [-0.2, 0) is 0 Å². The molecule has 0 radical (unpaired) electrons. The Kier molecular flexibility index (Phi) is 5.71. The van der Waals surface area contributed by atoms with E-state index in [4.69, 9.17) is 0 Å². The van der Waals surface area contributed by atoms with Gasteiger partial charge in [0.1, 0.15) is 0 Å². The van der Waals surface area contributed by atoms with Gasteiger partial charge in [-0.05, 0) is 24.5 Å². The van der Waals surface area contributed by atoms with E-state index in [2.05, 4.69) is 44.1 Å². The topological polar surface area (TPSA) is 24.9 Å². The molecule has 1 heterocycles. The van der Waals surface area contributed by atoms with Crippen molar-refractivity contribution in [2.45, 2.75) is 27.7 Å². The largest absolute Gasteiger partial charge is 0.313 e. The van der Waals surface area contributed by atoms with Crippen LogP contribution in [0.2, 0.25) is 0 Å². The normalized spacial score (nSPS) is 12.8. The van der Waals surface area contributed by atoms with Gasteiger partial charge in [0.05, 0.1) is 5.51 Å². The van der Waals surface area contributed by atoms with Crippen molar-refractivity contribution in [3.8, 4) is 0 Å². The van der Waals surface area contributed by atoms with Gasteiger partial charge < -0.3 is 5.32 Å². The quantitative estimate of drug-likeness (QED) is 0.821. The highest BCUT2D eigenvalue weighted by molar-refractivity contribution is 7.10. The maximum atomic E-state index is 4.10. The average Bonchev–Trinajstić information content (AvgIpc) is 2.68. The number of aromatic nitrogens is 1. The third-order valence-electron chi connectivity index (χ3n) is 2.40. The van der Waals surface area contributed by atoms with E-state index in [0.717, 1.165) is 13.1 Å². The number of nitrogens with one attached hydrogen (secondary N) is 1. The first kappa shape index (κ1) is 13.4. The molecule has 0 aliphatic carbocycles. The maximum Gasteiger partial charge on any atom is 0.0797 e. The zero-order chi connectivity index (χ0) is 12.0. The summed E-state index contributed by atoms with van der Waals surface area (Å²) in [6.45, 7) is 11.0. The average molecular weight is 238 g/mol. The van der Waals surface area contributed by atoms with Crippen LogP contribution in [0.5, 0.6) is 0 Å². The van der Waals surface area contributed by atoms with Crippen LogP contribution in [0.1, 0.15) is 32.6 Å². The van der Waals surface area contributed by atoms with Crippen molar-refractivity contribution in [2.24, 2.45) is 11.8 Å². The summed E-state index contributed by atoms with van der Waals surface area (Å²) in [5.41, 5.74) is 3.33. The summed E-state index contributed by atoms with van der Waals surface area (Å²) in [5.74, 6) is 1.29. The second-order valence-electron chi connectivity index (χ2n) is 4.80. The second kappa shape index (κ2) is 6.81. The van der Waals surface area contributed by atoms with Crippen LogP contribution in [0.4, 0.5) is 0 Å². The summed E-state index contributed by atoms with van der Waals surface area (Å²) in [7, 11) is 0. The van der Waals surface area contributed by atoms with Gasteiger partial charge in [0, 0.05) is 17.6 Å². The third kappa shape index (κ3) is 4.90. The van der Waals surface area contributed by atoms with Gasteiger partial charge in [-0.1, -0.05) is 33.3 Å². The fourth-order valence-electron chi connectivity index (χ4n) is 1.41. The number of hydrogen-bond donors (Lipinski definition) is 1. The van der Waals surface area contributed by atoms with E-state index in [9.17, 15) is 0 Å². The smallest absolute Gasteiger partial charge is 0.0797 e. The Morgan fingerprint density at radius 1 is 1.44 bits per heavy atom. The van der Waals surface area contributed by atoms with Crippen molar-refractivity contribution >= 4 is 17.4 Å². The first-order valence-electron chi connectivity index (χ1n) is 5.89. The summed E-state index contributed by atoms with van der Waals surface area (Å²) < 4.78 is 0. The number of rotatable bonds is 6. The zero-order valence-electron chi connectivity index (χ0n) is 10.7. The maximum absolute atomic E-state index is 4.10. The highest BCUT2D eigenvalue weighted by Gasteiger charge is 2.04. The zero-order valence-corrected chi connectivity index (χ0v) is 11.5. The molecule has 0 aliphatic rings. The van der Waals surface area contributed by atoms with Crippen molar-refractivity contribution in [3.63, 3.8) is 0 Å². The highest BCUT2D eigenvalue weighted by Crippen LogP contribution is 2.16. The molecule has 16 heavy (non-hydrogen) atoms. The van der Waals surface area contributed by atoms with Gasteiger partial charge in [0.15, 0.2) is 0 Å². The minimum Gasteiger partial charge on any atom is -0.313 e. The van der Waals surface area contributed by atoms with E-state index >= 15 is 0 Å². The van der Waals surface area contributed by atoms with Crippen molar-refractivity contribution in [1.29, 1.82) is 0 Å². The molecule has 0 spiro atoms. The van der Waals surface area contributed by atoms with Crippen molar-refractivity contribution < 1.29 is 0 Å². The molecule has 1 N–H and O–H groups in total. The Bertz CT molecular complexity index is 313. The molecule has 0 amide bonds. The Morgan fingerprint density at radius 2 is 2.19 bits per heavy atom. The molecule has 0 unspecified atom stereocenters. The SMILES string of the molecule is CC(C)CNCC(=Cc1cncs1)C(C)C. The van der Waals surface area contributed by atoms with Crippen LogP contribution in [0.3, 0.4) is 0 Å². The van der Waals surface area contributed by atoms with Crippen LogP contribution in [-0.4, -0.2) is 18.1 Å². The van der Waals surface area contributed by atoms with E-state index in [1.54, 1.807) is 11.3 Å². The lowest BCUT2D eigenvalue weighted by Gasteiger charge is -2.13. The molecule has 2 nitrogen and oxygen atoms in total. The van der Waals surface area contributed by atoms with E-state index in [0.29, 0.717) is 11.8 Å². The van der Waals surface area contributed by atoms with Gasteiger partial charge in [-0.15, -0.1) is 11.3 Å². The third-order valence-corrected chi connectivity index (χ3v) is 3.12. The van der Waals surface area contributed by atoms with Crippen molar-refractivity contribution in [3.05, 3.63) is 22.2 Å². The first-order valence-corrected chi connectivity index (χ1v) is 6.77.